The van der Waals surface area contributed by atoms with Crippen molar-refractivity contribution in [2.24, 2.45) is 0 Å². The highest BCUT2D eigenvalue weighted by Crippen LogP contribution is 2.16. The number of nitrogens with one attached hydrogen (secondary N) is 1. The van der Waals surface area contributed by atoms with Crippen LogP contribution in [-0.2, 0) is 6.54 Å². The van der Waals surface area contributed by atoms with Crippen molar-refractivity contribution >= 4 is 17.1 Å². The summed E-state index contributed by atoms with van der Waals surface area (Å²) in [7, 11) is 1.71. The van der Waals surface area contributed by atoms with Gasteiger partial charge >= 0.3 is 6.03 Å². The Balaban J connectivity index is 1.65. The van der Waals surface area contributed by atoms with E-state index < -0.39 is 0 Å². The lowest BCUT2D eigenvalue weighted by molar-refractivity contribution is 0.198. The Labute approximate surface area is 138 Å². The van der Waals surface area contributed by atoms with E-state index in [-0.39, 0.29) is 12.1 Å². The summed E-state index contributed by atoms with van der Waals surface area (Å²) in [5.74, 6) is 0.951. The highest BCUT2D eigenvalue weighted by molar-refractivity contribution is 5.75. The highest BCUT2D eigenvalue weighted by Gasteiger charge is 2.20. The number of nitrogens with zero attached hydrogens (tertiary/aromatic N) is 5. The number of rotatable bonds is 5. The van der Waals surface area contributed by atoms with Crippen molar-refractivity contribution < 1.29 is 13.9 Å². The predicted octanol–water partition coefficient (Wildman–Crippen LogP) is 2.21. The molecule has 0 aliphatic heterocycles. The maximum absolute atomic E-state index is 12.4. The second-order valence-corrected chi connectivity index (χ2v) is 5.53. The van der Waals surface area contributed by atoms with Crippen molar-refractivity contribution in [3.63, 3.8) is 0 Å². The van der Waals surface area contributed by atoms with Crippen molar-refractivity contribution in [3.05, 3.63) is 35.5 Å². The zero-order valence-electron chi connectivity index (χ0n) is 13.7. The molecule has 0 aliphatic rings. The molecule has 1 unspecified atom stereocenters. The molecule has 0 aliphatic carbocycles. The molecule has 0 radical (unpaired) electrons. The zero-order valence-corrected chi connectivity index (χ0v) is 13.7. The van der Waals surface area contributed by atoms with Crippen LogP contribution in [0, 0.1) is 6.92 Å². The molecule has 3 aromatic rings. The van der Waals surface area contributed by atoms with E-state index in [0.29, 0.717) is 35.7 Å². The quantitative estimate of drug-likeness (QED) is 0.763. The number of hydrogen-bond donors (Lipinski definition) is 1. The van der Waals surface area contributed by atoms with Crippen molar-refractivity contribution in [2.75, 3.05) is 7.05 Å². The molecule has 2 aromatic heterocycles. The topological polar surface area (TPSA) is 110 Å². The van der Waals surface area contributed by atoms with E-state index in [4.69, 9.17) is 4.52 Å². The largest absolute Gasteiger partial charge is 0.337 e. The molecule has 24 heavy (non-hydrogen) atoms. The van der Waals surface area contributed by atoms with Crippen LogP contribution in [0.2, 0.25) is 0 Å². The molecule has 9 nitrogen and oxygen atoms in total. The van der Waals surface area contributed by atoms with E-state index in [1.165, 1.54) is 0 Å². The van der Waals surface area contributed by atoms with Crippen molar-refractivity contribution in [1.29, 1.82) is 0 Å². The summed E-state index contributed by atoms with van der Waals surface area (Å²) in [6.45, 7) is 4.10. The number of amides is 2. The normalized spacial score (nSPS) is 12.3. The number of aryl methyl sites for hydroxylation is 1. The number of benzene rings is 1. The number of carbonyl (C=O) groups excluding carboxylic acids is 1. The Hall–Kier alpha value is -2.97. The van der Waals surface area contributed by atoms with E-state index in [0.717, 1.165) is 5.56 Å². The number of aromatic nitrogens is 4. The van der Waals surface area contributed by atoms with Crippen molar-refractivity contribution in [2.45, 2.75) is 32.9 Å². The monoisotopic (exact) mass is 330 g/mol. The number of fused-ring (bicyclic) bond motifs is 1. The van der Waals surface area contributed by atoms with Gasteiger partial charge in [0.2, 0.25) is 5.89 Å². The predicted molar refractivity (Wildman–Crippen MR) is 83.9 cm³/mol. The van der Waals surface area contributed by atoms with Crippen LogP contribution in [0.4, 0.5) is 4.79 Å². The zero-order chi connectivity index (χ0) is 17.1. The van der Waals surface area contributed by atoms with Crippen molar-refractivity contribution in [3.8, 4) is 0 Å². The summed E-state index contributed by atoms with van der Waals surface area (Å²) in [5, 5.41) is 14.2. The van der Waals surface area contributed by atoms with Gasteiger partial charge in [0, 0.05) is 13.6 Å². The SMILES string of the molecule is CCC(NC(=O)N(C)Cc1ccc2nonc2c1)c1nc(C)no1. The fraction of sp³-hybridized carbons (Fsp3) is 0.400. The minimum atomic E-state index is -0.316. The lowest BCUT2D eigenvalue weighted by atomic mass is 10.2. The molecular formula is C15H18N6O3. The minimum Gasteiger partial charge on any atom is -0.337 e. The van der Waals surface area contributed by atoms with Gasteiger partial charge in [-0.1, -0.05) is 18.1 Å². The molecule has 0 saturated carbocycles. The average molecular weight is 330 g/mol. The Morgan fingerprint density at radius 1 is 1.29 bits per heavy atom. The second kappa shape index (κ2) is 6.65. The number of urea groups is 1. The lowest BCUT2D eigenvalue weighted by Crippen LogP contribution is -2.39. The Morgan fingerprint density at radius 2 is 2.08 bits per heavy atom. The van der Waals surface area contributed by atoms with E-state index in [1.54, 1.807) is 18.9 Å². The van der Waals surface area contributed by atoms with E-state index in [9.17, 15) is 4.79 Å². The van der Waals surface area contributed by atoms with Gasteiger partial charge in [-0.15, -0.1) is 0 Å². The fourth-order valence-electron chi connectivity index (χ4n) is 2.32. The van der Waals surface area contributed by atoms with Crippen LogP contribution >= 0.6 is 0 Å². The number of carbonyl (C=O) groups is 1. The molecule has 0 bridgehead atoms. The smallest absolute Gasteiger partial charge is 0.318 e. The highest BCUT2D eigenvalue weighted by atomic mass is 16.6. The first-order chi connectivity index (χ1) is 11.6. The molecular weight excluding hydrogens is 312 g/mol. The maximum Gasteiger partial charge on any atom is 0.318 e. The van der Waals surface area contributed by atoms with Crippen LogP contribution in [0.15, 0.2) is 27.4 Å². The Bertz CT molecular complexity index is 842. The summed E-state index contributed by atoms with van der Waals surface area (Å²) >= 11 is 0. The number of hydrogen-bond acceptors (Lipinski definition) is 7. The molecule has 0 spiro atoms. The average Bonchev–Trinajstić information content (AvgIpc) is 3.20. The molecule has 126 valence electrons. The van der Waals surface area contributed by atoms with Crippen molar-refractivity contribution in [1.82, 2.24) is 30.7 Å². The molecule has 2 amide bonds. The molecule has 2 heterocycles. The van der Waals surface area contributed by atoms with Crippen LogP contribution in [0.5, 0.6) is 0 Å². The first-order valence-electron chi connectivity index (χ1n) is 7.60. The maximum atomic E-state index is 12.4. The molecule has 1 aromatic carbocycles. The molecule has 3 rings (SSSR count). The molecule has 0 saturated heterocycles. The molecule has 1 atom stereocenters. The summed E-state index contributed by atoms with van der Waals surface area (Å²) in [6.07, 6.45) is 0.651. The van der Waals surface area contributed by atoms with Gasteiger partial charge in [0.25, 0.3) is 0 Å². The lowest BCUT2D eigenvalue weighted by Gasteiger charge is -2.21. The Kier molecular flexibility index (Phi) is 4.41. The summed E-state index contributed by atoms with van der Waals surface area (Å²) in [4.78, 5) is 18.1. The molecule has 1 N–H and O–H groups in total. The van der Waals surface area contributed by atoms with Crippen LogP contribution in [0.25, 0.3) is 11.0 Å². The van der Waals surface area contributed by atoms with Gasteiger partial charge in [0.15, 0.2) is 5.82 Å². The summed E-state index contributed by atoms with van der Waals surface area (Å²) in [6, 6.07) is 4.99. The minimum absolute atomic E-state index is 0.226. The van der Waals surface area contributed by atoms with E-state index in [2.05, 4.69) is 30.4 Å². The van der Waals surface area contributed by atoms with Gasteiger partial charge in [-0.3, -0.25) is 0 Å². The van der Waals surface area contributed by atoms with Crippen LogP contribution < -0.4 is 5.32 Å². The Morgan fingerprint density at radius 3 is 2.79 bits per heavy atom. The first-order valence-corrected chi connectivity index (χ1v) is 7.60. The van der Waals surface area contributed by atoms with E-state index >= 15 is 0 Å². The molecule has 9 heteroatoms. The third kappa shape index (κ3) is 3.34. The van der Waals surface area contributed by atoms with Gasteiger partial charge in [-0.25, -0.2) is 9.42 Å². The standard InChI is InChI=1S/C15H18N6O3/c1-4-11(14-16-9(2)18-23-14)17-15(22)21(3)8-10-5-6-12-13(7-10)20-24-19-12/h5-7,11H,4,8H2,1-3H3,(H,17,22). The van der Waals surface area contributed by atoms with Gasteiger partial charge in [0.1, 0.15) is 17.1 Å². The third-order valence-electron chi connectivity index (χ3n) is 3.63. The van der Waals surface area contributed by atoms with Gasteiger partial charge in [-0.2, -0.15) is 4.98 Å². The van der Waals surface area contributed by atoms with Gasteiger partial charge in [0.05, 0.1) is 0 Å². The first kappa shape index (κ1) is 15.9. The summed E-state index contributed by atoms with van der Waals surface area (Å²) in [5.41, 5.74) is 2.27. The van der Waals surface area contributed by atoms with Crippen LogP contribution in [0.1, 0.15) is 36.7 Å². The third-order valence-corrected chi connectivity index (χ3v) is 3.63. The van der Waals surface area contributed by atoms with Gasteiger partial charge in [-0.05, 0) is 41.4 Å². The molecule has 0 fully saturated rings. The van der Waals surface area contributed by atoms with Crippen LogP contribution in [-0.4, -0.2) is 38.4 Å². The fourth-order valence-corrected chi connectivity index (χ4v) is 2.32. The van der Waals surface area contributed by atoms with E-state index in [1.807, 2.05) is 25.1 Å². The summed E-state index contributed by atoms with van der Waals surface area (Å²) < 4.78 is 9.81. The van der Waals surface area contributed by atoms with Gasteiger partial charge < -0.3 is 14.7 Å². The van der Waals surface area contributed by atoms with Crippen LogP contribution in [0.3, 0.4) is 0 Å². The second-order valence-electron chi connectivity index (χ2n) is 5.53.